The molecule has 1 fully saturated rings. The van der Waals surface area contributed by atoms with Crippen molar-refractivity contribution in [3.05, 3.63) is 47.9 Å². The molecule has 0 bridgehead atoms. The molecule has 0 aliphatic heterocycles. The van der Waals surface area contributed by atoms with Gasteiger partial charge in [0, 0.05) is 5.41 Å². The van der Waals surface area contributed by atoms with Crippen molar-refractivity contribution in [1.82, 2.24) is 9.55 Å². The summed E-state index contributed by atoms with van der Waals surface area (Å²) in [5.74, 6) is 2.05. The maximum Gasteiger partial charge on any atom is 0.292 e. The first-order valence-corrected chi connectivity index (χ1v) is 11.3. The lowest BCUT2D eigenvalue weighted by Crippen LogP contribution is -2.31. The predicted molar refractivity (Wildman–Crippen MR) is 122 cm³/mol. The summed E-state index contributed by atoms with van der Waals surface area (Å²) >= 11 is 0. The van der Waals surface area contributed by atoms with Gasteiger partial charge in [0.05, 0.1) is 12.6 Å². The van der Waals surface area contributed by atoms with Crippen LogP contribution in [0.25, 0.3) is 33.5 Å². The van der Waals surface area contributed by atoms with E-state index in [1.54, 1.807) is 0 Å². The quantitative estimate of drug-likeness (QED) is 0.364. The lowest BCUT2D eigenvalue weighted by molar-refractivity contribution is -0.634. The molecule has 2 aromatic heterocycles. The molecule has 2 aromatic carbocycles. The Hall–Kier alpha value is -2.62. The summed E-state index contributed by atoms with van der Waals surface area (Å²) in [5, 5.41) is 0. The molecule has 1 aliphatic rings. The van der Waals surface area contributed by atoms with Crippen LogP contribution in [0.1, 0.15) is 70.4 Å². The molecule has 5 rings (SSSR count). The molecule has 0 atom stereocenters. The van der Waals surface area contributed by atoms with Crippen molar-refractivity contribution in [3.63, 3.8) is 0 Å². The van der Waals surface area contributed by atoms with Gasteiger partial charge in [-0.3, -0.25) is 0 Å². The fourth-order valence-corrected chi connectivity index (χ4v) is 5.04. The number of aryl methyl sites for hydroxylation is 2. The van der Waals surface area contributed by atoms with E-state index >= 15 is 0 Å². The van der Waals surface area contributed by atoms with E-state index in [9.17, 15) is 0 Å². The standard InChI is InChI=1S/C26H32N3O/c1-17-15-16-21-23(27-25(30-21)26(2,3)4)22(17)24-28(5)19-13-9-10-14-20(19)29(24)18-11-7-6-8-12-18/h9-10,13-16,18H,6-8,11-12H2,1-5H3/q+1. The topological polar surface area (TPSA) is 34.8 Å². The van der Waals surface area contributed by atoms with Crippen LogP contribution in [0.15, 0.2) is 40.8 Å². The van der Waals surface area contributed by atoms with Gasteiger partial charge in [-0.05, 0) is 56.4 Å². The van der Waals surface area contributed by atoms with E-state index in [4.69, 9.17) is 9.40 Å². The second-order valence-corrected chi connectivity index (χ2v) is 9.91. The van der Waals surface area contributed by atoms with Crippen LogP contribution in [0.5, 0.6) is 0 Å². The number of hydrogen-bond donors (Lipinski definition) is 0. The number of oxazole rings is 1. The summed E-state index contributed by atoms with van der Waals surface area (Å²) in [5.41, 5.74) is 6.77. The van der Waals surface area contributed by atoms with Crippen molar-refractivity contribution >= 4 is 22.1 Å². The summed E-state index contributed by atoms with van der Waals surface area (Å²) < 4.78 is 11.2. The summed E-state index contributed by atoms with van der Waals surface area (Å²) in [6.45, 7) is 8.67. The van der Waals surface area contributed by atoms with E-state index in [1.807, 2.05) is 0 Å². The van der Waals surface area contributed by atoms with Crippen molar-refractivity contribution < 1.29 is 8.98 Å². The number of hydrogen-bond acceptors (Lipinski definition) is 2. The Kier molecular flexibility index (Phi) is 4.49. The number of rotatable bonds is 2. The van der Waals surface area contributed by atoms with Crippen LogP contribution in [-0.4, -0.2) is 9.55 Å². The smallest absolute Gasteiger partial charge is 0.292 e. The Morgan fingerprint density at radius 3 is 2.50 bits per heavy atom. The zero-order valence-electron chi connectivity index (χ0n) is 18.8. The zero-order chi connectivity index (χ0) is 21.0. The van der Waals surface area contributed by atoms with E-state index in [2.05, 4.69) is 80.3 Å². The number of benzene rings is 2. The molecule has 4 aromatic rings. The number of fused-ring (bicyclic) bond motifs is 2. The molecule has 0 N–H and O–H groups in total. The minimum atomic E-state index is -0.123. The highest BCUT2D eigenvalue weighted by Crippen LogP contribution is 2.39. The van der Waals surface area contributed by atoms with Crippen molar-refractivity contribution in [2.75, 3.05) is 0 Å². The molecule has 4 nitrogen and oxygen atoms in total. The summed E-state index contributed by atoms with van der Waals surface area (Å²) in [6, 6.07) is 13.6. The van der Waals surface area contributed by atoms with Crippen LogP contribution < -0.4 is 4.57 Å². The minimum absolute atomic E-state index is 0.123. The third-order valence-corrected chi connectivity index (χ3v) is 6.62. The van der Waals surface area contributed by atoms with Gasteiger partial charge in [-0.1, -0.05) is 45.4 Å². The highest BCUT2D eigenvalue weighted by atomic mass is 16.3. The summed E-state index contributed by atoms with van der Waals surface area (Å²) in [7, 11) is 2.19. The average molecular weight is 403 g/mol. The average Bonchev–Trinajstić information content (AvgIpc) is 3.29. The molecule has 1 aliphatic carbocycles. The van der Waals surface area contributed by atoms with Gasteiger partial charge in [0.1, 0.15) is 11.6 Å². The van der Waals surface area contributed by atoms with Crippen LogP contribution in [-0.2, 0) is 12.5 Å². The molecule has 0 saturated heterocycles. The number of imidazole rings is 1. The summed E-state index contributed by atoms with van der Waals surface area (Å²) in [4.78, 5) is 5.03. The fourth-order valence-electron chi connectivity index (χ4n) is 5.04. The van der Waals surface area contributed by atoms with Crippen LogP contribution in [0, 0.1) is 6.92 Å². The maximum atomic E-state index is 6.22. The Morgan fingerprint density at radius 2 is 1.77 bits per heavy atom. The molecular formula is C26H32N3O+. The van der Waals surface area contributed by atoms with Crippen molar-refractivity contribution in [1.29, 1.82) is 0 Å². The van der Waals surface area contributed by atoms with Gasteiger partial charge in [-0.2, -0.15) is 0 Å². The largest absolute Gasteiger partial charge is 0.440 e. The molecule has 156 valence electrons. The van der Waals surface area contributed by atoms with E-state index in [1.165, 1.54) is 60.1 Å². The lowest BCUT2D eigenvalue weighted by Gasteiger charge is -2.21. The van der Waals surface area contributed by atoms with Crippen LogP contribution >= 0.6 is 0 Å². The second-order valence-electron chi connectivity index (χ2n) is 9.91. The molecule has 4 heteroatoms. The normalized spacial score (nSPS) is 16.0. The number of nitrogens with zero attached hydrogens (tertiary/aromatic N) is 3. The predicted octanol–water partition coefficient (Wildman–Crippen LogP) is 6.39. The van der Waals surface area contributed by atoms with E-state index in [-0.39, 0.29) is 5.41 Å². The monoisotopic (exact) mass is 402 g/mol. The zero-order valence-corrected chi connectivity index (χ0v) is 18.8. The molecular weight excluding hydrogens is 370 g/mol. The van der Waals surface area contributed by atoms with Gasteiger partial charge in [0.2, 0.25) is 5.89 Å². The van der Waals surface area contributed by atoms with Crippen molar-refractivity contribution in [2.24, 2.45) is 7.05 Å². The van der Waals surface area contributed by atoms with E-state index < -0.39 is 0 Å². The molecule has 2 heterocycles. The van der Waals surface area contributed by atoms with Crippen LogP contribution in [0.3, 0.4) is 0 Å². The van der Waals surface area contributed by atoms with E-state index in [0.717, 1.165) is 17.0 Å². The highest BCUT2D eigenvalue weighted by molar-refractivity contribution is 5.92. The van der Waals surface area contributed by atoms with Gasteiger partial charge in [-0.25, -0.2) is 14.1 Å². The Bertz CT molecular complexity index is 1230. The van der Waals surface area contributed by atoms with E-state index in [0.29, 0.717) is 6.04 Å². The van der Waals surface area contributed by atoms with Gasteiger partial charge >= 0.3 is 0 Å². The summed E-state index contributed by atoms with van der Waals surface area (Å²) in [6.07, 6.45) is 6.45. The third-order valence-electron chi connectivity index (χ3n) is 6.62. The minimum Gasteiger partial charge on any atom is -0.440 e. The number of aromatic nitrogens is 3. The van der Waals surface area contributed by atoms with Gasteiger partial charge in [0.25, 0.3) is 5.82 Å². The lowest BCUT2D eigenvalue weighted by atomic mass is 9.94. The van der Waals surface area contributed by atoms with Crippen LogP contribution in [0.4, 0.5) is 0 Å². The van der Waals surface area contributed by atoms with Crippen molar-refractivity contribution in [3.8, 4) is 11.4 Å². The first-order chi connectivity index (χ1) is 14.4. The first kappa shape index (κ1) is 19.3. The molecule has 30 heavy (non-hydrogen) atoms. The fraction of sp³-hybridized carbons (Fsp3) is 0.462. The molecule has 0 amide bonds. The highest BCUT2D eigenvalue weighted by Gasteiger charge is 2.34. The molecule has 0 unspecified atom stereocenters. The molecule has 0 radical (unpaired) electrons. The first-order valence-electron chi connectivity index (χ1n) is 11.3. The second kappa shape index (κ2) is 6.97. The Morgan fingerprint density at radius 1 is 1.03 bits per heavy atom. The van der Waals surface area contributed by atoms with Gasteiger partial charge in [-0.15, -0.1) is 0 Å². The molecule has 0 spiro atoms. The SMILES string of the molecule is Cc1ccc2oc(C(C)(C)C)nc2c1-c1n(C2CCCCC2)c2ccccc2[n+]1C. The van der Waals surface area contributed by atoms with Gasteiger partial charge in [0.15, 0.2) is 16.6 Å². The van der Waals surface area contributed by atoms with Crippen molar-refractivity contribution in [2.45, 2.75) is 71.3 Å². The molecule has 1 saturated carbocycles. The van der Waals surface area contributed by atoms with Crippen LogP contribution in [0.2, 0.25) is 0 Å². The Labute approximate surface area is 178 Å². The maximum absolute atomic E-state index is 6.22. The third kappa shape index (κ3) is 2.96. The number of para-hydroxylation sites is 2. The Balaban J connectivity index is 1.85. The van der Waals surface area contributed by atoms with Gasteiger partial charge < -0.3 is 4.42 Å².